The molecule has 0 spiro atoms. The first-order valence-electron chi connectivity index (χ1n) is 5.16. The second kappa shape index (κ2) is 4.44. The quantitative estimate of drug-likeness (QED) is 0.815. The number of carbonyl (C=O) groups is 1. The Morgan fingerprint density at radius 1 is 1.47 bits per heavy atom. The van der Waals surface area contributed by atoms with Gasteiger partial charge in [0.05, 0.1) is 12.7 Å². The third-order valence-corrected chi connectivity index (χ3v) is 2.56. The predicted octanol–water partition coefficient (Wildman–Crippen LogP) is 1.36. The third-order valence-electron chi connectivity index (χ3n) is 2.56. The summed E-state index contributed by atoms with van der Waals surface area (Å²) in [5.41, 5.74) is 0. The summed E-state index contributed by atoms with van der Waals surface area (Å²) in [5, 5.41) is 8.63. The molecule has 1 saturated heterocycles. The smallest absolute Gasteiger partial charge is 0.392 e. The molecule has 2 rings (SSSR count). The van der Waals surface area contributed by atoms with E-state index < -0.39 is 5.97 Å². The number of nitrogens with zero attached hydrogens (tertiary/aromatic N) is 2. The van der Waals surface area contributed by atoms with Crippen molar-refractivity contribution >= 4 is 5.97 Å². The van der Waals surface area contributed by atoms with E-state index in [9.17, 15) is 4.79 Å². The minimum absolute atomic E-state index is 0.220. The SMILES string of the molecule is O=C(O)c1ncc(CN2CCCCC2)o1. The highest BCUT2D eigenvalue weighted by Crippen LogP contribution is 2.13. The summed E-state index contributed by atoms with van der Waals surface area (Å²) in [6.45, 7) is 2.78. The largest absolute Gasteiger partial charge is 0.474 e. The van der Waals surface area contributed by atoms with Gasteiger partial charge in [0.2, 0.25) is 0 Å². The van der Waals surface area contributed by atoms with Crippen LogP contribution < -0.4 is 0 Å². The summed E-state index contributed by atoms with van der Waals surface area (Å²) < 4.78 is 5.10. The Morgan fingerprint density at radius 3 is 2.80 bits per heavy atom. The molecule has 1 aromatic rings. The van der Waals surface area contributed by atoms with Gasteiger partial charge in [-0.25, -0.2) is 9.78 Å². The van der Waals surface area contributed by atoms with Gasteiger partial charge in [-0.2, -0.15) is 0 Å². The molecule has 0 unspecified atom stereocenters. The molecule has 0 radical (unpaired) electrons. The number of piperidine rings is 1. The van der Waals surface area contributed by atoms with Crippen molar-refractivity contribution in [1.29, 1.82) is 0 Å². The van der Waals surface area contributed by atoms with Gasteiger partial charge >= 0.3 is 11.9 Å². The Balaban J connectivity index is 1.94. The van der Waals surface area contributed by atoms with Crippen LogP contribution in [0.25, 0.3) is 0 Å². The van der Waals surface area contributed by atoms with Crippen LogP contribution in [0.1, 0.15) is 35.7 Å². The number of carboxylic acids is 1. The molecular weight excluding hydrogens is 196 g/mol. The van der Waals surface area contributed by atoms with Crippen molar-refractivity contribution in [2.45, 2.75) is 25.8 Å². The molecule has 0 saturated carbocycles. The second-order valence-electron chi connectivity index (χ2n) is 3.77. The summed E-state index contributed by atoms with van der Waals surface area (Å²) in [6, 6.07) is 0. The molecular formula is C10H14N2O3. The van der Waals surface area contributed by atoms with E-state index in [2.05, 4.69) is 9.88 Å². The molecule has 1 N–H and O–H groups in total. The second-order valence-corrected chi connectivity index (χ2v) is 3.77. The molecule has 0 atom stereocenters. The van der Waals surface area contributed by atoms with Crippen LogP contribution in [0.4, 0.5) is 0 Å². The molecule has 1 aliphatic heterocycles. The maximum atomic E-state index is 10.5. The number of aromatic carboxylic acids is 1. The standard InChI is InChI=1S/C10H14N2O3/c13-10(14)9-11-6-8(15-9)7-12-4-2-1-3-5-12/h6H,1-5,7H2,(H,13,14). The van der Waals surface area contributed by atoms with Crippen molar-refractivity contribution in [1.82, 2.24) is 9.88 Å². The maximum Gasteiger partial charge on any atom is 0.392 e. The lowest BCUT2D eigenvalue weighted by molar-refractivity contribution is 0.0649. The van der Waals surface area contributed by atoms with Gasteiger partial charge in [-0.1, -0.05) is 6.42 Å². The van der Waals surface area contributed by atoms with E-state index in [1.807, 2.05) is 0 Å². The van der Waals surface area contributed by atoms with E-state index in [4.69, 9.17) is 9.52 Å². The average Bonchev–Trinajstić information content (AvgIpc) is 2.68. The zero-order valence-electron chi connectivity index (χ0n) is 8.48. The highest BCUT2D eigenvalue weighted by Gasteiger charge is 2.15. The van der Waals surface area contributed by atoms with E-state index in [1.165, 1.54) is 25.5 Å². The van der Waals surface area contributed by atoms with Crippen LogP contribution in [-0.2, 0) is 6.54 Å². The Bertz CT molecular complexity index is 342. The van der Waals surface area contributed by atoms with Crippen LogP contribution in [0, 0.1) is 0 Å². The van der Waals surface area contributed by atoms with Gasteiger partial charge in [0, 0.05) is 0 Å². The molecule has 0 bridgehead atoms. The van der Waals surface area contributed by atoms with Gasteiger partial charge in [-0.15, -0.1) is 0 Å². The molecule has 1 aliphatic rings. The first kappa shape index (κ1) is 10.2. The van der Waals surface area contributed by atoms with Gasteiger partial charge in [0.25, 0.3) is 0 Å². The number of carboxylic acid groups (broad SMARTS) is 1. The highest BCUT2D eigenvalue weighted by atomic mass is 16.4. The van der Waals surface area contributed by atoms with Crippen molar-refractivity contribution < 1.29 is 14.3 Å². The van der Waals surface area contributed by atoms with E-state index >= 15 is 0 Å². The van der Waals surface area contributed by atoms with Crippen molar-refractivity contribution in [3.8, 4) is 0 Å². The summed E-state index contributed by atoms with van der Waals surface area (Å²) in [6.07, 6.45) is 5.20. The lowest BCUT2D eigenvalue weighted by atomic mass is 10.1. The van der Waals surface area contributed by atoms with E-state index in [0.29, 0.717) is 12.3 Å². The molecule has 0 aliphatic carbocycles. The van der Waals surface area contributed by atoms with Crippen LogP contribution in [0.2, 0.25) is 0 Å². The van der Waals surface area contributed by atoms with Crippen LogP contribution in [0.5, 0.6) is 0 Å². The van der Waals surface area contributed by atoms with Gasteiger partial charge in [-0.3, -0.25) is 4.90 Å². The van der Waals surface area contributed by atoms with Crippen molar-refractivity contribution in [2.24, 2.45) is 0 Å². The van der Waals surface area contributed by atoms with Crippen molar-refractivity contribution in [3.63, 3.8) is 0 Å². The fourth-order valence-corrected chi connectivity index (χ4v) is 1.82. The molecule has 15 heavy (non-hydrogen) atoms. The maximum absolute atomic E-state index is 10.5. The van der Waals surface area contributed by atoms with Gasteiger partial charge < -0.3 is 9.52 Å². The third kappa shape index (κ3) is 2.56. The van der Waals surface area contributed by atoms with Crippen LogP contribution >= 0.6 is 0 Å². The van der Waals surface area contributed by atoms with Gasteiger partial charge in [0.1, 0.15) is 5.76 Å². The summed E-state index contributed by atoms with van der Waals surface area (Å²) in [7, 11) is 0. The van der Waals surface area contributed by atoms with Gasteiger partial charge in [-0.05, 0) is 25.9 Å². The van der Waals surface area contributed by atoms with Crippen molar-refractivity contribution in [3.05, 3.63) is 17.8 Å². The highest BCUT2D eigenvalue weighted by molar-refractivity contribution is 5.81. The van der Waals surface area contributed by atoms with Crippen LogP contribution in [-0.4, -0.2) is 34.0 Å². The summed E-state index contributed by atoms with van der Waals surface area (Å²) in [5.74, 6) is -0.698. The van der Waals surface area contributed by atoms with Gasteiger partial charge in [0.15, 0.2) is 0 Å². The topological polar surface area (TPSA) is 66.6 Å². The number of hydrogen-bond acceptors (Lipinski definition) is 4. The molecule has 2 heterocycles. The van der Waals surface area contributed by atoms with E-state index in [0.717, 1.165) is 13.1 Å². The number of hydrogen-bond donors (Lipinski definition) is 1. The number of oxazole rings is 1. The molecule has 82 valence electrons. The fraction of sp³-hybridized carbons (Fsp3) is 0.600. The minimum Gasteiger partial charge on any atom is -0.474 e. The Hall–Kier alpha value is -1.36. The fourth-order valence-electron chi connectivity index (χ4n) is 1.82. The first-order valence-corrected chi connectivity index (χ1v) is 5.16. The van der Waals surface area contributed by atoms with Crippen LogP contribution in [0.15, 0.2) is 10.6 Å². The summed E-state index contributed by atoms with van der Waals surface area (Å²) in [4.78, 5) is 16.5. The van der Waals surface area contributed by atoms with E-state index in [1.54, 1.807) is 0 Å². The van der Waals surface area contributed by atoms with E-state index in [-0.39, 0.29) is 5.89 Å². The molecule has 0 aromatic carbocycles. The molecule has 1 aromatic heterocycles. The Morgan fingerprint density at radius 2 is 2.20 bits per heavy atom. The number of aromatic nitrogens is 1. The zero-order valence-corrected chi connectivity index (χ0v) is 8.48. The first-order chi connectivity index (χ1) is 7.25. The Kier molecular flexibility index (Phi) is 3.01. The molecule has 0 amide bonds. The normalized spacial score (nSPS) is 17.9. The number of likely N-dealkylation sites (tertiary alicyclic amines) is 1. The molecule has 1 fully saturated rings. The summed E-state index contributed by atoms with van der Waals surface area (Å²) >= 11 is 0. The molecule has 5 heteroatoms. The monoisotopic (exact) mass is 210 g/mol. The predicted molar refractivity (Wildman–Crippen MR) is 52.6 cm³/mol. The lowest BCUT2D eigenvalue weighted by Gasteiger charge is -2.24. The Labute approximate surface area is 87.7 Å². The van der Waals surface area contributed by atoms with Crippen LogP contribution in [0.3, 0.4) is 0 Å². The zero-order chi connectivity index (χ0) is 10.7. The minimum atomic E-state index is -1.11. The number of rotatable bonds is 3. The molecule has 5 nitrogen and oxygen atoms in total. The van der Waals surface area contributed by atoms with Crippen molar-refractivity contribution in [2.75, 3.05) is 13.1 Å². The average molecular weight is 210 g/mol. The lowest BCUT2D eigenvalue weighted by Crippen LogP contribution is -2.28.